The van der Waals surface area contributed by atoms with Gasteiger partial charge in [0.2, 0.25) is 0 Å². The molecule has 0 amide bonds. The van der Waals surface area contributed by atoms with Crippen molar-refractivity contribution in [3.05, 3.63) is 36.0 Å². The van der Waals surface area contributed by atoms with Gasteiger partial charge in [-0.2, -0.15) is 0 Å². The molecule has 0 unspecified atom stereocenters. The second kappa shape index (κ2) is 8.66. The predicted octanol–water partition coefficient (Wildman–Crippen LogP) is 5.62. The van der Waals surface area contributed by atoms with Crippen LogP contribution in [-0.4, -0.2) is 10.1 Å². The Morgan fingerprint density at radius 2 is 1.57 bits per heavy atom. The summed E-state index contributed by atoms with van der Waals surface area (Å²) in [7, 11) is 0. The van der Waals surface area contributed by atoms with E-state index >= 15 is 0 Å². The largest absolute Gasteiger partial charge is 0.506 e. The molecule has 0 aliphatic carbocycles. The van der Waals surface area contributed by atoms with E-state index in [1.807, 2.05) is 12.1 Å². The smallest absolute Gasteiger partial charge is 0.141 e. The lowest BCUT2D eigenvalue weighted by Crippen LogP contribution is -1.91. The molecule has 0 bridgehead atoms. The molecule has 0 aliphatic rings. The minimum atomic E-state index is 0.283. The van der Waals surface area contributed by atoms with Crippen LogP contribution in [0.4, 0.5) is 0 Å². The molecule has 1 aromatic heterocycles. The number of rotatable bonds is 9. The molecule has 21 heavy (non-hydrogen) atoms. The van der Waals surface area contributed by atoms with Gasteiger partial charge < -0.3 is 5.11 Å². The minimum absolute atomic E-state index is 0.283. The van der Waals surface area contributed by atoms with Gasteiger partial charge in [0.15, 0.2) is 0 Å². The molecular weight excluding hydrogens is 258 g/mol. The Kier molecular flexibility index (Phi) is 6.52. The van der Waals surface area contributed by atoms with Crippen molar-refractivity contribution in [3.63, 3.8) is 0 Å². The van der Waals surface area contributed by atoms with E-state index in [4.69, 9.17) is 0 Å². The normalized spacial score (nSPS) is 11.1. The Balaban J connectivity index is 1.72. The van der Waals surface area contributed by atoms with Crippen molar-refractivity contribution < 1.29 is 5.11 Å². The van der Waals surface area contributed by atoms with Gasteiger partial charge in [-0.1, -0.05) is 70.1 Å². The molecule has 0 spiro atoms. The molecule has 1 aromatic carbocycles. The average molecular weight is 285 g/mol. The summed E-state index contributed by atoms with van der Waals surface area (Å²) in [5.41, 5.74) is 1.82. The maximum atomic E-state index is 9.85. The van der Waals surface area contributed by atoms with Crippen LogP contribution in [0.2, 0.25) is 0 Å². The van der Waals surface area contributed by atoms with Gasteiger partial charge in [0.05, 0.1) is 0 Å². The number of hydrogen-bond acceptors (Lipinski definition) is 2. The third-order valence-electron chi connectivity index (χ3n) is 4.04. The zero-order valence-electron chi connectivity index (χ0n) is 13.1. The van der Waals surface area contributed by atoms with Crippen molar-refractivity contribution in [1.29, 1.82) is 0 Å². The number of phenols is 1. The van der Waals surface area contributed by atoms with Gasteiger partial charge in [-0.3, -0.25) is 0 Å². The number of unbranched alkanes of at least 4 members (excludes halogenated alkanes) is 7. The third-order valence-corrected chi connectivity index (χ3v) is 4.04. The summed E-state index contributed by atoms with van der Waals surface area (Å²) in [5, 5.41) is 10.9. The van der Waals surface area contributed by atoms with Crippen LogP contribution in [-0.2, 0) is 6.42 Å². The van der Waals surface area contributed by atoms with Crippen molar-refractivity contribution >= 4 is 10.9 Å². The number of phenolic OH excluding ortho intramolecular Hbond substituents is 1. The van der Waals surface area contributed by atoms with Gasteiger partial charge in [-0.15, -0.1) is 0 Å². The summed E-state index contributed by atoms with van der Waals surface area (Å²) < 4.78 is 0. The van der Waals surface area contributed by atoms with Crippen molar-refractivity contribution in [2.75, 3.05) is 0 Å². The minimum Gasteiger partial charge on any atom is -0.506 e. The number of aryl methyl sites for hydroxylation is 1. The fraction of sp³-hybridized carbons (Fsp3) is 0.526. The van der Waals surface area contributed by atoms with E-state index in [9.17, 15) is 5.11 Å². The SMILES string of the molecule is CCCCCCCCCCc1ccc2cccc(O)c2n1. The van der Waals surface area contributed by atoms with Crippen molar-refractivity contribution in [2.45, 2.75) is 64.7 Å². The van der Waals surface area contributed by atoms with E-state index < -0.39 is 0 Å². The summed E-state index contributed by atoms with van der Waals surface area (Å²) >= 11 is 0. The van der Waals surface area contributed by atoms with Crippen LogP contribution in [0.1, 0.15) is 64.0 Å². The summed E-state index contributed by atoms with van der Waals surface area (Å²) in [4.78, 5) is 4.58. The molecule has 1 heterocycles. The molecule has 2 heteroatoms. The van der Waals surface area contributed by atoms with Crippen LogP contribution in [0.3, 0.4) is 0 Å². The monoisotopic (exact) mass is 285 g/mol. The molecular formula is C19H27NO. The molecule has 0 aliphatic heterocycles. The zero-order chi connectivity index (χ0) is 14.9. The fourth-order valence-electron chi connectivity index (χ4n) is 2.75. The highest BCUT2D eigenvalue weighted by Gasteiger charge is 2.02. The van der Waals surface area contributed by atoms with E-state index in [0.717, 1.165) is 23.0 Å². The number of hydrogen-bond donors (Lipinski definition) is 1. The molecule has 2 nitrogen and oxygen atoms in total. The Morgan fingerprint density at radius 1 is 0.857 bits per heavy atom. The Labute approximate surface area is 128 Å². The third kappa shape index (κ3) is 5.04. The van der Waals surface area contributed by atoms with Gasteiger partial charge in [-0.25, -0.2) is 4.98 Å². The molecule has 1 N–H and O–H groups in total. The lowest BCUT2D eigenvalue weighted by Gasteiger charge is -2.05. The van der Waals surface area contributed by atoms with Crippen LogP contribution in [0, 0.1) is 0 Å². The second-order valence-electron chi connectivity index (χ2n) is 5.88. The Bertz CT molecular complexity index is 550. The van der Waals surface area contributed by atoms with Gasteiger partial charge in [-0.05, 0) is 25.0 Å². The first-order chi connectivity index (χ1) is 10.3. The van der Waals surface area contributed by atoms with Crippen LogP contribution in [0.25, 0.3) is 10.9 Å². The van der Waals surface area contributed by atoms with E-state index in [2.05, 4.69) is 24.0 Å². The maximum Gasteiger partial charge on any atom is 0.141 e. The predicted molar refractivity (Wildman–Crippen MR) is 89.7 cm³/mol. The molecule has 2 aromatic rings. The lowest BCUT2D eigenvalue weighted by molar-refractivity contribution is 0.480. The molecule has 2 rings (SSSR count). The van der Waals surface area contributed by atoms with Gasteiger partial charge in [0.25, 0.3) is 0 Å². The number of aromatic hydroxyl groups is 1. The first-order valence-corrected chi connectivity index (χ1v) is 8.39. The standard InChI is InChI=1S/C19H27NO/c1-2-3-4-5-6-7-8-9-12-17-15-14-16-11-10-13-18(21)19(16)20-17/h10-11,13-15,21H,2-9,12H2,1H3. The number of fused-ring (bicyclic) bond motifs is 1. The quantitative estimate of drug-likeness (QED) is 0.606. The van der Waals surface area contributed by atoms with Crippen LogP contribution in [0.15, 0.2) is 30.3 Å². The van der Waals surface area contributed by atoms with E-state index in [1.54, 1.807) is 6.07 Å². The molecule has 0 saturated carbocycles. The second-order valence-corrected chi connectivity index (χ2v) is 5.88. The first-order valence-electron chi connectivity index (χ1n) is 8.39. The number of nitrogens with zero attached hydrogens (tertiary/aromatic N) is 1. The summed E-state index contributed by atoms with van der Waals surface area (Å²) in [6, 6.07) is 9.69. The number of para-hydroxylation sites is 1. The van der Waals surface area contributed by atoms with Gasteiger partial charge in [0.1, 0.15) is 11.3 Å². The molecule has 0 atom stereocenters. The summed E-state index contributed by atoms with van der Waals surface area (Å²) in [6.45, 7) is 2.26. The fourth-order valence-corrected chi connectivity index (χ4v) is 2.75. The van der Waals surface area contributed by atoms with E-state index in [0.29, 0.717) is 0 Å². The van der Waals surface area contributed by atoms with E-state index in [1.165, 1.54) is 51.4 Å². The van der Waals surface area contributed by atoms with Crippen LogP contribution < -0.4 is 0 Å². The number of aromatic nitrogens is 1. The topological polar surface area (TPSA) is 33.1 Å². The molecule has 114 valence electrons. The van der Waals surface area contributed by atoms with Gasteiger partial charge in [0, 0.05) is 11.1 Å². The average Bonchev–Trinajstić information content (AvgIpc) is 2.51. The Morgan fingerprint density at radius 3 is 2.33 bits per heavy atom. The van der Waals surface area contributed by atoms with E-state index in [-0.39, 0.29) is 5.75 Å². The van der Waals surface area contributed by atoms with Crippen LogP contribution in [0.5, 0.6) is 5.75 Å². The number of pyridine rings is 1. The lowest BCUT2D eigenvalue weighted by atomic mass is 10.1. The van der Waals surface area contributed by atoms with Crippen molar-refractivity contribution in [3.8, 4) is 5.75 Å². The maximum absolute atomic E-state index is 9.85. The van der Waals surface area contributed by atoms with Crippen molar-refractivity contribution in [2.24, 2.45) is 0 Å². The highest BCUT2D eigenvalue weighted by molar-refractivity contribution is 5.84. The summed E-state index contributed by atoms with van der Waals surface area (Å²) in [6.07, 6.45) is 11.7. The Hall–Kier alpha value is -1.57. The molecule has 0 fully saturated rings. The van der Waals surface area contributed by atoms with Crippen LogP contribution >= 0.6 is 0 Å². The van der Waals surface area contributed by atoms with Crippen molar-refractivity contribution in [1.82, 2.24) is 4.98 Å². The highest BCUT2D eigenvalue weighted by atomic mass is 16.3. The molecule has 0 saturated heterocycles. The number of benzene rings is 1. The molecule has 0 radical (unpaired) electrons. The van der Waals surface area contributed by atoms with Gasteiger partial charge >= 0.3 is 0 Å². The first kappa shape index (κ1) is 15.8. The summed E-state index contributed by atoms with van der Waals surface area (Å²) in [5.74, 6) is 0.283. The highest BCUT2D eigenvalue weighted by Crippen LogP contribution is 2.22. The zero-order valence-corrected chi connectivity index (χ0v) is 13.1.